The van der Waals surface area contributed by atoms with E-state index in [2.05, 4.69) is 5.10 Å². The van der Waals surface area contributed by atoms with Gasteiger partial charge in [0.1, 0.15) is 11.6 Å². The minimum Gasteiger partial charge on any atom is -0.496 e. The molecule has 0 spiro atoms. The fourth-order valence-electron chi connectivity index (χ4n) is 6.66. The molecule has 1 aromatic heterocycles. The molecule has 3 atom stereocenters. The Morgan fingerprint density at radius 3 is 2.64 bits per heavy atom. The van der Waals surface area contributed by atoms with Crippen molar-refractivity contribution < 1.29 is 27.1 Å². The summed E-state index contributed by atoms with van der Waals surface area (Å²) in [6, 6.07) is 15.8. The number of benzene rings is 3. The Labute approximate surface area is 241 Å². The van der Waals surface area contributed by atoms with E-state index in [1.807, 2.05) is 43.6 Å². The van der Waals surface area contributed by atoms with Gasteiger partial charge in [-0.05, 0) is 73.4 Å². The van der Waals surface area contributed by atoms with Crippen LogP contribution in [0.15, 0.2) is 65.8 Å². The average Bonchev–Trinajstić information content (AvgIpc) is 3.55. The SMILES string of the molecule is COc1cccc(F)c1CC1C[C@@H](CC(=O)c2ccc3c(c2)C(c2ccc4nn(C)cc4c2)=NC3)C[C@@H](C(F)(F)F)C1. The molecule has 42 heavy (non-hydrogen) atoms. The summed E-state index contributed by atoms with van der Waals surface area (Å²) in [5.74, 6) is -2.77. The molecular weight excluding hydrogens is 546 g/mol. The molecule has 1 aliphatic carbocycles. The van der Waals surface area contributed by atoms with Gasteiger partial charge in [0.25, 0.3) is 0 Å². The molecule has 9 heteroatoms. The predicted molar refractivity (Wildman–Crippen MR) is 152 cm³/mol. The highest BCUT2D eigenvalue weighted by Crippen LogP contribution is 2.45. The number of aliphatic imine (C=N–C) groups is 1. The standard InChI is InChI=1S/C33H31F4N3O2/c1-40-18-24-15-22(8-9-29(24)39-40)32-26-16-21(6-7-23(26)17-38-32)30(41)14-20-10-19(11-25(12-20)33(35,36)37)13-27-28(34)4-3-5-31(27)42-2/h3-9,15-16,18-20,25H,10-14,17H2,1-2H3/t19?,20-,25+/m1/s1. The molecule has 1 saturated carbocycles. The van der Waals surface area contributed by atoms with Gasteiger partial charge in [0.15, 0.2) is 5.78 Å². The summed E-state index contributed by atoms with van der Waals surface area (Å²) in [5, 5.41) is 5.40. The summed E-state index contributed by atoms with van der Waals surface area (Å²) in [6.45, 7) is 0.501. The van der Waals surface area contributed by atoms with Crippen LogP contribution in [0.25, 0.3) is 10.9 Å². The first-order valence-electron chi connectivity index (χ1n) is 14.1. The van der Waals surface area contributed by atoms with Crippen LogP contribution in [0, 0.1) is 23.6 Å². The Morgan fingerprint density at radius 1 is 1.05 bits per heavy atom. The summed E-state index contributed by atoms with van der Waals surface area (Å²) in [7, 11) is 3.28. The number of hydrogen-bond donors (Lipinski definition) is 0. The minimum atomic E-state index is -4.38. The third-order valence-corrected chi connectivity index (χ3v) is 8.61. The number of fused-ring (bicyclic) bond motifs is 2. The Morgan fingerprint density at radius 2 is 1.86 bits per heavy atom. The first-order chi connectivity index (χ1) is 20.1. The summed E-state index contributed by atoms with van der Waals surface area (Å²) < 4.78 is 63.5. The van der Waals surface area contributed by atoms with E-state index in [1.165, 1.54) is 19.2 Å². The monoisotopic (exact) mass is 577 g/mol. The molecule has 0 saturated heterocycles. The van der Waals surface area contributed by atoms with E-state index in [-0.39, 0.29) is 37.0 Å². The molecule has 0 radical (unpaired) electrons. The molecule has 1 unspecified atom stereocenters. The number of ketones is 1. The van der Waals surface area contributed by atoms with E-state index in [0.29, 0.717) is 24.3 Å². The molecule has 218 valence electrons. The molecule has 0 bridgehead atoms. The van der Waals surface area contributed by atoms with Crippen LogP contribution in [0.1, 0.15) is 58.3 Å². The van der Waals surface area contributed by atoms with Crippen LogP contribution >= 0.6 is 0 Å². The van der Waals surface area contributed by atoms with Crippen LogP contribution in [0.2, 0.25) is 0 Å². The number of ether oxygens (including phenoxy) is 1. The van der Waals surface area contributed by atoms with Crippen molar-refractivity contribution in [3.8, 4) is 5.75 Å². The molecule has 6 rings (SSSR count). The van der Waals surface area contributed by atoms with E-state index >= 15 is 0 Å². The molecule has 5 nitrogen and oxygen atoms in total. The first-order valence-corrected chi connectivity index (χ1v) is 14.1. The van der Waals surface area contributed by atoms with Crippen LogP contribution in [0.4, 0.5) is 17.6 Å². The summed E-state index contributed by atoms with van der Waals surface area (Å²) in [6.07, 6.45) is -2.10. The largest absolute Gasteiger partial charge is 0.496 e. The van der Waals surface area contributed by atoms with E-state index in [9.17, 15) is 22.4 Å². The van der Waals surface area contributed by atoms with Crippen molar-refractivity contribution in [3.05, 3.63) is 94.4 Å². The average molecular weight is 578 g/mol. The number of hydrogen-bond acceptors (Lipinski definition) is 4. The number of rotatable bonds is 7. The summed E-state index contributed by atoms with van der Waals surface area (Å²) in [4.78, 5) is 18.2. The molecule has 1 fully saturated rings. The van der Waals surface area contributed by atoms with Crippen molar-refractivity contribution in [1.82, 2.24) is 9.78 Å². The Hall–Kier alpha value is -4.01. The van der Waals surface area contributed by atoms with Gasteiger partial charge >= 0.3 is 6.18 Å². The highest BCUT2D eigenvalue weighted by Gasteiger charge is 2.45. The molecule has 2 aliphatic rings. The number of carbonyl (C=O) groups is 1. The first kappa shape index (κ1) is 28.1. The maximum absolute atomic E-state index is 14.6. The number of nitrogens with zero attached hydrogens (tertiary/aromatic N) is 3. The predicted octanol–water partition coefficient (Wildman–Crippen LogP) is 7.48. The van der Waals surface area contributed by atoms with Gasteiger partial charge in [0.2, 0.25) is 0 Å². The maximum Gasteiger partial charge on any atom is 0.391 e. The lowest BCUT2D eigenvalue weighted by Crippen LogP contribution is -2.34. The third-order valence-electron chi connectivity index (χ3n) is 8.61. The fourth-order valence-corrected chi connectivity index (χ4v) is 6.66. The van der Waals surface area contributed by atoms with Gasteiger partial charge in [0, 0.05) is 47.3 Å². The fraction of sp³-hybridized carbons (Fsp3) is 0.364. The smallest absolute Gasteiger partial charge is 0.391 e. The van der Waals surface area contributed by atoms with Crippen molar-refractivity contribution in [3.63, 3.8) is 0 Å². The summed E-state index contributed by atoms with van der Waals surface area (Å²) in [5.41, 5.74) is 5.21. The third kappa shape index (κ3) is 5.56. The van der Waals surface area contributed by atoms with E-state index in [4.69, 9.17) is 9.73 Å². The van der Waals surface area contributed by atoms with E-state index in [0.717, 1.165) is 33.3 Å². The molecule has 0 N–H and O–H groups in total. The van der Waals surface area contributed by atoms with Gasteiger partial charge in [-0.15, -0.1) is 0 Å². The molecular formula is C33H31F4N3O2. The van der Waals surface area contributed by atoms with Crippen molar-refractivity contribution >= 4 is 22.4 Å². The number of aryl methyl sites for hydroxylation is 1. The molecule has 4 aromatic rings. The molecule has 1 aliphatic heterocycles. The zero-order chi connectivity index (χ0) is 29.6. The van der Waals surface area contributed by atoms with E-state index in [1.54, 1.807) is 16.8 Å². The second kappa shape index (κ2) is 11.0. The van der Waals surface area contributed by atoms with Crippen molar-refractivity contribution in [2.75, 3.05) is 7.11 Å². The number of aromatic nitrogens is 2. The quantitative estimate of drug-likeness (QED) is 0.169. The van der Waals surface area contributed by atoms with Crippen LogP contribution < -0.4 is 4.74 Å². The summed E-state index contributed by atoms with van der Waals surface area (Å²) >= 11 is 0. The van der Waals surface area contributed by atoms with Crippen LogP contribution in [0.3, 0.4) is 0 Å². The zero-order valence-corrected chi connectivity index (χ0v) is 23.4. The number of carbonyl (C=O) groups excluding carboxylic acids is 1. The van der Waals surface area contributed by atoms with Gasteiger partial charge in [-0.3, -0.25) is 14.5 Å². The number of Topliss-reactive ketones (excluding diaryl/α,β-unsaturated/α-hetero) is 1. The normalized spacial score (nSPS) is 20.4. The van der Waals surface area contributed by atoms with Gasteiger partial charge in [0.05, 0.1) is 30.8 Å². The van der Waals surface area contributed by atoms with Gasteiger partial charge < -0.3 is 4.74 Å². The Kier molecular flexibility index (Phi) is 7.37. The zero-order valence-electron chi connectivity index (χ0n) is 23.4. The molecule has 2 heterocycles. The minimum absolute atomic E-state index is 0.00436. The van der Waals surface area contributed by atoms with Crippen LogP contribution in [-0.4, -0.2) is 34.6 Å². The van der Waals surface area contributed by atoms with Crippen LogP contribution in [-0.2, 0) is 20.0 Å². The topological polar surface area (TPSA) is 56.5 Å². The highest BCUT2D eigenvalue weighted by atomic mass is 19.4. The number of alkyl halides is 3. The van der Waals surface area contributed by atoms with Gasteiger partial charge in [-0.2, -0.15) is 18.3 Å². The van der Waals surface area contributed by atoms with Crippen molar-refractivity contribution in [2.24, 2.45) is 29.8 Å². The highest BCUT2D eigenvalue weighted by molar-refractivity contribution is 6.17. The lowest BCUT2D eigenvalue weighted by Gasteiger charge is -2.36. The Bertz CT molecular complexity index is 1690. The molecule has 3 aromatic carbocycles. The van der Waals surface area contributed by atoms with Crippen molar-refractivity contribution in [1.29, 1.82) is 0 Å². The second-order valence-electron chi connectivity index (χ2n) is 11.5. The Balaban J connectivity index is 1.22. The van der Waals surface area contributed by atoms with Gasteiger partial charge in [-0.25, -0.2) is 4.39 Å². The second-order valence-corrected chi connectivity index (χ2v) is 11.5. The molecule has 0 amide bonds. The van der Waals surface area contributed by atoms with Crippen molar-refractivity contribution in [2.45, 2.75) is 44.8 Å². The van der Waals surface area contributed by atoms with E-state index < -0.39 is 29.7 Å². The lowest BCUT2D eigenvalue weighted by molar-refractivity contribution is -0.190. The van der Waals surface area contributed by atoms with Gasteiger partial charge in [-0.1, -0.05) is 24.3 Å². The lowest BCUT2D eigenvalue weighted by atomic mass is 9.71. The number of halogens is 4. The maximum atomic E-state index is 14.6. The van der Waals surface area contributed by atoms with Crippen LogP contribution in [0.5, 0.6) is 5.75 Å². The number of methoxy groups -OCH3 is 1.